The van der Waals surface area contributed by atoms with E-state index in [4.69, 9.17) is 0 Å². The van der Waals surface area contributed by atoms with Crippen molar-refractivity contribution in [2.24, 2.45) is 0 Å². The van der Waals surface area contributed by atoms with Crippen LogP contribution in [0.25, 0.3) is 0 Å². The van der Waals surface area contributed by atoms with Gasteiger partial charge in [0.15, 0.2) is 5.16 Å². The van der Waals surface area contributed by atoms with Crippen LogP contribution in [-0.2, 0) is 4.79 Å². The van der Waals surface area contributed by atoms with Gasteiger partial charge >= 0.3 is 0 Å². The molecule has 1 heterocycles. The minimum atomic E-state index is 0.106. The summed E-state index contributed by atoms with van der Waals surface area (Å²) in [5, 5.41) is 9.68. The molecular weight excluding hydrogens is 270 g/mol. The Hall–Kier alpha value is -0.840. The topological polar surface area (TPSA) is 47.8 Å². The second-order valence-electron chi connectivity index (χ2n) is 6.01. The van der Waals surface area contributed by atoms with Crippen molar-refractivity contribution in [2.75, 3.05) is 0 Å². The maximum absolute atomic E-state index is 12.0. The lowest BCUT2D eigenvalue weighted by molar-refractivity contribution is -0.119. The highest BCUT2D eigenvalue weighted by atomic mass is 32.2. The predicted octanol–water partition coefficient (Wildman–Crippen LogP) is 3.70. The van der Waals surface area contributed by atoms with Crippen LogP contribution in [0.3, 0.4) is 0 Å². The number of rotatable bonds is 3. The van der Waals surface area contributed by atoms with Gasteiger partial charge in [0.25, 0.3) is 0 Å². The van der Waals surface area contributed by atoms with E-state index in [1.54, 1.807) is 11.8 Å². The molecule has 4 nitrogen and oxygen atoms in total. The summed E-state index contributed by atoms with van der Waals surface area (Å²) >= 11 is 1.65. The first-order valence-electron chi connectivity index (χ1n) is 7.86. The van der Waals surface area contributed by atoms with E-state index in [1.807, 2.05) is 6.92 Å². The first-order valence-corrected chi connectivity index (χ1v) is 8.74. The van der Waals surface area contributed by atoms with Gasteiger partial charge < -0.3 is 4.57 Å². The van der Waals surface area contributed by atoms with E-state index < -0.39 is 0 Å². The van der Waals surface area contributed by atoms with Crippen molar-refractivity contribution in [2.45, 2.75) is 81.2 Å². The summed E-state index contributed by atoms with van der Waals surface area (Å²) in [5.74, 6) is 1.40. The number of hydrogen-bond donors (Lipinski definition) is 0. The number of thioether (sulfide) groups is 1. The highest BCUT2D eigenvalue weighted by Gasteiger charge is 2.28. The lowest BCUT2D eigenvalue weighted by Gasteiger charge is -2.26. The van der Waals surface area contributed by atoms with Crippen molar-refractivity contribution in [1.82, 2.24) is 14.8 Å². The molecule has 0 amide bonds. The van der Waals surface area contributed by atoms with Crippen molar-refractivity contribution in [1.29, 1.82) is 0 Å². The molecule has 0 saturated heterocycles. The van der Waals surface area contributed by atoms with E-state index >= 15 is 0 Å². The van der Waals surface area contributed by atoms with Gasteiger partial charge in [-0.1, -0.05) is 37.4 Å². The molecule has 2 fully saturated rings. The molecule has 0 aliphatic heterocycles. The predicted molar refractivity (Wildman–Crippen MR) is 80.0 cm³/mol. The molecule has 0 spiro atoms. The molecular formula is C15H23N3OS. The molecule has 1 unspecified atom stereocenters. The zero-order chi connectivity index (χ0) is 13.9. The quantitative estimate of drug-likeness (QED) is 0.852. The van der Waals surface area contributed by atoms with Crippen LogP contribution in [0.2, 0.25) is 0 Å². The van der Waals surface area contributed by atoms with E-state index in [2.05, 4.69) is 14.8 Å². The largest absolute Gasteiger partial charge is 0.303 e. The number of aryl methyl sites for hydroxylation is 1. The first-order chi connectivity index (χ1) is 9.75. The molecule has 0 radical (unpaired) electrons. The standard InChI is InChI=1S/C15H23N3OS/c1-11-16-17-15(18(11)12-7-3-2-4-8-12)20-14-10-6-5-9-13(14)19/h12,14H,2-10H2,1H3. The molecule has 2 aliphatic carbocycles. The van der Waals surface area contributed by atoms with Gasteiger partial charge in [-0.2, -0.15) is 0 Å². The first kappa shape index (κ1) is 14.1. The van der Waals surface area contributed by atoms with Gasteiger partial charge in [0, 0.05) is 12.5 Å². The molecule has 1 aromatic rings. The zero-order valence-electron chi connectivity index (χ0n) is 12.2. The van der Waals surface area contributed by atoms with Crippen molar-refractivity contribution < 1.29 is 4.79 Å². The second kappa shape index (κ2) is 6.29. The van der Waals surface area contributed by atoms with Crippen LogP contribution < -0.4 is 0 Å². The number of carbonyl (C=O) groups is 1. The fourth-order valence-corrected chi connectivity index (χ4v) is 4.66. The maximum Gasteiger partial charge on any atom is 0.192 e. The minimum Gasteiger partial charge on any atom is -0.303 e. The van der Waals surface area contributed by atoms with Gasteiger partial charge in [-0.05, 0) is 32.6 Å². The van der Waals surface area contributed by atoms with Crippen LogP contribution in [-0.4, -0.2) is 25.8 Å². The third-order valence-electron chi connectivity index (χ3n) is 4.52. The zero-order valence-corrected chi connectivity index (χ0v) is 13.0. The molecule has 0 aromatic carbocycles. The summed E-state index contributed by atoms with van der Waals surface area (Å²) in [5.41, 5.74) is 0. The Labute approximate surface area is 124 Å². The molecule has 5 heteroatoms. The normalized spacial score (nSPS) is 25.1. The molecule has 2 aliphatic rings. The van der Waals surface area contributed by atoms with Gasteiger partial charge in [-0.15, -0.1) is 10.2 Å². The van der Waals surface area contributed by atoms with E-state index in [0.717, 1.165) is 30.2 Å². The highest BCUT2D eigenvalue weighted by Crippen LogP contribution is 2.36. The van der Waals surface area contributed by atoms with Gasteiger partial charge in [0.2, 0.25) is 0 Å². The summed E-state index contributed by atoms with van der Waals surface area (Å²) in [6.07, 6.45) is 10.4. The second-order valence-corrected chi connectivity index (χ2v) is 7.18. The van der Waals surface area contributed by atoms with Gasteiger partial charge in [0.05, 0.1) is 5.25 Å². The smallest absolute Gasteiger partial charge is 0.192 e. The Bertz CT molecular complexity index is 479. The Morgan fingerprint density at radius 3 is 2.55 bits per heavy atom. The number of aromatic nitrogens is 3. The van der Waals surface area contributed by atoms with E-state index in [9.17, 15) is 4.79 Å². The Morgan fingerprint density at radius 1 is 1.05 bits per heavy atom. The highest BCUT2D eigenvalue weighted by molar-refractivity contribution is 8.00. The molecule has 1 atom stereocenters. The fraction of sp³-hybridized carbons (Fsp3) is 0.800. The number of hydrogen-bond acceptors (Lipinski definition) is 4. The summed E-state index contributed by atoms with van der Waals surface area (Å²) in [7, 11) is 0. The maximum atomic E-state index is 12.0. The summed E-state index contributed by atoms with van der Waals surface area (Å²) in [6.45, 7) is 2.04. The lowest BCUT2D eigenvalue weighted by atomic mass is 9.95. The van der Waals surface area contributed by atoms with E-state index in [1.165, 1.54) is 38.5 Å². The number of Topliss-reactive ketones (excluding diaryl/α,β-unsaturated/α-hetero) is 1. The van der Waals surface area contributed by atoms with E-state index in [-0.39, 0.29) is 5.25 Å². The Kier molecular flexibility index (Phi) is 4.44. The fourth-order valence-electron chi connectivity index (χ4n) is 3.39. The third kappa shape index (κ3) is 2.92. The molecule has 110 valence electrons. The average Bonchev–Trinajstić information content (AvgIpc) is 2.83. The number of carbonyl (C=O) groups excluding carboxylic acids is 1. The van der Waals surface area contributed by atoms with Crippen molar-refractivity contribution in [3.8, 4) is 0 Å². The van der Waals surface area contributed by atoms with Crippen LogP contribution in [0, 0.1) is 6.92 Å². The van der Waals surface area contributed by atoms with Crippen LogP contribution in [0.4, 0.5) is 0 Å². The summed E-state index contributed by atoms with van der Waals surface area (Å²) in [4.78, 5) is 12.0. The lowest BCUT2D eigenvalue weighted by Crippen LogP contribution is -2.23. The van der Waals surface area contributed by atoms with Crippen LogP contribution in [0.5, 0.6) is 0 Å². The van der Waals surface area contributed by atoms with Gasteiger partial charge in [-0.25, -0.2) is 0 Å². The molecule has 0 bridgehead atoms. The average molecular weight is 293 g/mol. The van der Waals surface area contributed by atoms with E-state index in [0.29, 0.717) is 11.8 Å². The minimum absolute atomic E-state index is 0.106. The third-order valence-corrected chi connectivity index (χ3v) is 5.79. The van der Waals surface area contributed by atoms with Crippen LogP contribution in [0.15, 0.2) is 5.16 Å². The SMILES string of the molecule is Cc1nnc(SC2CCCCC2=O)n1C1CCCCC1. The Balaban J connectivity index is 1.77. The van der Waals surface area contributed by atoms with Crippen molar-refractivity contribution >= 4 is 17.5 Å². The van der Waals surface area contributed by atoms with Crippen molar-refractivity contribution in [3.63, 3.8) is 0 Å². The molecule has 3 rings (SSSR count). The Morgan fingerprint density at radius 2 is 1.80 bits per heavy atom. The molecule has 2 saturated carbocycles. The number of ketones is 1. The van der Waals surface area contributed by atoms with Crippen LogP contribution in [0.1, 0.15) is 69.7 Å². The summed E-state index contributed by atoms with van der Waals surface area (Å²) in [6, 6.07) is 0.542. The molecule has 1 aromatic heterocycles. The van der Waals surface area contributed by atoms with Gasteiger partial charge in [0.1, 0.15) is 11.6 Å². The monoisotopic (exact) mass is 293 g/mol. The van der Waals surface area contributed by atoms with Crippen LogP contribution >= 0.6 is 11.8 Å². The summed E-state index contributed by atoms with van der Waals surface area (Å²) < 4.78 is 2.30. The van der Waals surface area contributed by atoms with Crippen molar-refractivity contribution in [3.05, 3.63) is 5.82 Å². The number of nitrogens with zero attached hydrogens (tertiary/aromatic N) is 3. The molecule has 0 N–H and O–H groups in total. The van der Waals surface area contributed by atoms with Gasteiger partial charge in [-0.3, -0.25) is 4.79 Å². The molecule has 20 heavy (non-hydrogen) atoms.